The Labute approximate surface area is 169 Å². The Bertz CT molecular complexity index is 805. The summed E-state index contributed by atoms with van der Waals surface area (Å²) in [4.78, 5) is 32.6. The van der Waals surface area contributed by atoms with Gasteiger partial charge in [-0.3, -0.25) is 24.4 Å². The molecule has 1 fully saturated rings. The van der Waals surface area contributed by atoms with Crippen molar-refractivity contribution < 1.29 is 19.8 Å². The van der Waals surface area contributed by atoms with E-state index in [0.717, 1.165) is 38.4 Å². The van der Waals surface area contributed by atoms with Gasteiger partial charge < -0.3 is 15.5 Å². The van der Waals surface area contributed by atoms with E-state index < -0.39 is 11.9 Å². The minimum absolute atomic E-state index is 0.0929. The van der Waals surface area contributed by atoms with E-state index in [1.807, 2.05) is 18.2 Å². The number of piperazine rings is 1. The third-order valence-electron chi connectivity index (χ3n) is 4.99. The van der Waals surface area contributed by atoms with Gasteiger partial charge >= 0.3 is 5.97 Å². The van der Waals surface area contributed by atoms with E-state index in [-0.39, 0.29) is 18.1 Å². The summed E-state index contributed by atoms with van der Waals surface area (Å²) in [6.07, 6.45) is 1.69. The van der Waals surface area contributed by atoms with E-state index in [2.05, 4.69) is 20.1 Å². The Hall–Kier alpha value is -2.97. The van der Waals surface area contributed by atoms with Crippen LogP contribution in [0.15, 0.2) is 48.7 Å². The Morgan fingerprint density at radius 1 is 1.03 bits per heavy atom. The summed E-state index contributed by atoms with van der Waals surface area (Å²) in [6.45, 7) is 4.32. The number of hydrogen-bond donors (Lipinski definition) is 3. The number of rotatable bonds is 8. The maximum Gasteiger partial charge on any atom is 0.308 e. The number of phenolic OH excluding ortho intramolecular Hbond substituents is 1. The van der Waals surface area contributed by atoms with Crippen molar-refractivity contribution >= 4 is 17.6 Å². The predicted molar refractivity (Wildman–Crippen MR) is 108 cm³/mol. The van der Waals surface area contributed by atoms with Crippen molar-refractivity contribution in [2.45, 2.75) is 13.0 Å². The normalized spacial score (nSPS) is 16.3. The summed E-state index contributed by atoms with van der Waals surface area (Å²) in [7, 11) is 0. The van der Waals surface area contributed by atoms with E-state index >= 15 is 0 Å². The van der Waals surface area contributed by atoms with Crippen molar-refractivity contribution in [3.05, 3.63) is 54.4 Å². The first kappa shape index (κ1) is 20.8. The van der Waals surface area contributed by atoms with Gasteiger partial charge in [-0.15, -0.1) is 0 Å². The highest BCUT2D eigenvalue weighted by molar-refractivity contribution is 5.93. The van der Waals surface area contributed by atoms with Crippen LogP contribution in [0.1, 0.15) is 12.1 Å². The molecule has 0 saturated carbocycles. The van der Waals surface area contributed by atoms with Crippen LogP contribution < -0.4 is 5.32 Å². The van der Waals surface area contributed by atoms with E-state index in [1.54, 1.807) is 18.3 Å². The van der Waals surface area contributed by atoms with Crippen LogP contribution in [0.5, 0.6) is 5.75 Å². The number of nitrogens with one attached hydrogen (secondary N) is 1. The summed E-state index contributed by atoms with van der Waals surface area (Å²) in [5, 5.41) is 21.5. The number of carbonyl (C=O) groups is 2. The lowest BCUT2D eigenvalue weighted by Crippen LogP contribution is -2.48. The molecule has 8 heteroatoms. The number of pyridine rings is 1. The molecule has 1 atom stereocenters. The first-order chi connectivity index (χ1) is 14.0. The van der Waals surface area contributed by atoms with Gasteiger partial charge in [0.05, 0.1) is 11.6 Å². The molecule has 1 aromatic carbocycles. The predicted octanol–water partition coefficient (Wildman–Crippen LogP) is 1.63. The molecule has 8 nitrogen and oxygen atoms in total. The quantitative estimate of drug-likeness (QED) is 0.581. The van der Waals surface area contributed by atoms with Gasteiger partial charge in [-0.1, -0.05) is 6.07 Å². The molecule has 3 rings (SSSR count). The van der Waals surface area contributed by atoms with E-state index in [0.29, 0.717) is 12.2 Å². The standard InChI is InChI=1S/C21H26N4O4/c26-19-6-4-17(5-7-19)23-20(27)13-16(21(28)29)14-24-9-11-25(12-10-24)15-18-3-1-2-8-22-18/h1-8,16,26H,9-15H2,(H,23,27)(H,28,29)/t16-/m1/s1. The van der Waals surface area contributed by atoms with Crippen molar-refractivity contribution in [2.75, 3.05) is 38.0 Å². The zero-order valence-electron chi connectivity index (χ0n) is 16.2. The smallest absolute Gasteiger partial charge is 0.308 e. The number of anilines is 1. The highest BCUT2D eigenvalue weighted by Crippen LogP contribution is 2.16. The molecule has 154 valence electrons. The number of hydrogen-bond acceptors (Lipinski definition) is 6. The molecule has 1 aliphatic heterocycles. The fraction of sp³-hybridized carbons (Fsp3) is 0.381. The van der Waals surface area contributed by atoms with Gasteiger partial charge in [0.2, 0.25) is 5.91 Å². The number of carboxylic acid groups (broad SMARTS) is 1. The largest absolute Gasteiger partial charge is 0.508 e. The number of nitrogens with zero attached hydrogens (tertiary/aromatic N) is 3. The van der Waals surface area contributed by atoms with E-state index in [9.17, 15) is 19.8 Å². The average molecular weight is 398 g/mol. The van der Waals surface area contributed by atoms with Crippen LogP contribution >= 0.6 is 0 Å². The second kappa shape index (κ2) is 9.99. The number of carbonyl (C=O) groups excluding carboxylic acids is 1. The maximum absolute atomic E-state index is 12.2. The monoisotopic (exact) mass is 398 g/mol. The number of aliphatic carboxylic acids is 1. The molecular formula is C21H26N4O4. The van der Waals surface area contributed by atoms with E-state index in [1.165, 1.54) is 12.1 Å². The Kier molecular flexibility index (Phi) is 7.15. The molecule has 2 heterocycles. The van der Waals surface area contributed by atoms with Gasteiger partial charge in [0.25, 0.3) is 0 Å². The van der Waals surface area contributed by atoms with Crippen LogP contribution in [0.2, 0.25) is 0 Å². The van der Waals surface area contributed by atoms with Crippen molar-refractivity contribution in [3.8, 4) is 5.75 Å². The number of benzene rings is 1. The van der Waals surface area contributed by atoms with Crippen LogP contribution in [-0.4, -0.2) is 69.6 Å². The molecule has 2 aromatic rings. The molecule has 3 N–H and O–H groups in total. The first-order valence-electron chi connectivity index (χ1n) is 9.66. The summed E-state index contributed by atoms with van der Waals surface area (Å²) in [5.74, 6) is -1.98. The van der Waals surface area contributed by atoms with Crippen molar-refractivity contribution in [1.29, 1.82) is 0 Å². The third kappa shape index (κ3) is 6.55. The van der Waals surface area contributed by atoms with Gasteiger partial charge in [0.1, 0.15) is 5.75 Å². The number of carboxylic acids is 1. The summed E-state index contributed by atoms with van der Waals surface area (Å²) in [5.41, 5.74) is 1.55. The third-order valence-corrected chi connectivity index (χ3v) is 4.99. The zero-order chi connectivity index (χ0) is 20.6. The lowest BCUT2D eigenvalue weighted by Gasteiger charge is -2.35. The van der Waals surface area contributed by atoms with Crippen molar-refractivity contribution in [1.82, 2.24) is 14.8 Å². The highest BCUT2D eigenvalue weighted by Gasteiger charge is 2.26. The molecule has 0 radical (unpaired) electrons. The second-order valence-corrected chi connectivity index (χ2v) is 7.23. The summed E-state index contributed by atoms with van der Waals surface area (Å²) < 4.78 is 0. The highest BCUT2D eigenvalue weighted by atomic mass is 16.4. The van der Waals surface area contributed by atoms with Gasteiger partial charge in [-0.05, 0) is 36.4 Å². The van der Waals surface area contributed by atoms with Crippen LogP contribution in [0, 0.1) is 5.92 Å². The second-order valence-electron chi connectivity index (χ2n) is 7.23. The SMILES string of the molecule is O=C(C[C@H](CN1CCN(Cc2ccccn2)CC1)C(=O)O)Nc1ccc(O)cc1. The molecule has 0 aliphatic carbocycles. The minimum atomic E-state index is -0.971. The van der Waals surface area contributed by atoms with E-state index in [4.69, 9.17) is 0 Å². The molecule has 0 unspecified atom stereocenters. The zero-order valence-corrected chi connectivity index (χ0v) is 16.2. The topological polar surface area (TPSA) is 106 Å². The molecule has 0 bridgehead atoms. The van der Waals surface area contributed by atoms with Crippen LogP contribution in [-0.2, 0) is 16.1 Å². The van der Waals surface area contributed by atoms with Gasteiger partial charge in [-0.2, -0.15) is 0 Å². The van der Waals surface area contributed by atoms with Crippen LogP contribution in [0.25, 0.3) is 0 Å². The average Bonchev–Trinajstić information content (AvgIpc) is 2.71. The lowest BCUT2D eigenvalue weighted by atomic mass is 10.0. The lowest BCUT2D eigenvalue weighted by molar-refractivity contribution is -0.144. The number of phenols is 1. The number of aromatic nitrogens is 1. The van der Waals surface area contributed by atoms with Crippen molar-refractivity contribution in [3.63, 3.8) is 0 Å². The molecule has 1 saturated heterocycles. The summed E-state index contributed by atoms with van der Waals surface area (Å²) >= 11 is 0. The van der Waals surface area contributed by atoms with Crippen molar-refractivity contribution in [2.24, 2.45) is 5.92 Å². The number of amides is 1. The fourth-order valence-corrected chi connectivity index (χ4v) is 3.37. The molecular weight excluding hydrogens is 372 g/mol. The van der Waals surface area contributed by atoms with Crippen LogP contribution in [0.4, 0.5) is 5.69 Å². The Morgan fingerprint density at radius 2 is 1.72 bits per heavy atom. The van der Waals surface area contributed by atoms with Gasteiger partial charge in [0, 0.05) is 57.6 Å². The minimum Gasteiger partial charge on any atom is -0.508 e. The molecule has 0 spiro atoms. The Morgan fingerprint density at radius 3 is 2.34 bits per heavy atom. The first-order valence-corrected chi connectivity index (χ1v) is 9.66. The summed E-state index contributed by atoms with van der Waals surface area (Å²) in [6, 6.07) is 11.9. The Balaban J connectivity index is 1.46. The van der Waals surface area contributed by atoms with Gasteiger partial charge in [0.15, 0.2) is 0 Å². The number of aromatic hydroxyl groups is 1. The molecule has 1 aliphatic rings. The molecule has 1 amide bonds. The maximum atomic E-state index is 12.2. The van der Waals surface area contributed by atoms with Gasteiger partial charge in [-0.25, -0.2) is 0 Å². The molecule has 29 heavy (non-hydrogen) atoms. The van der Waals surface area contributed by atoms with Crippen LogP contribution in [0.3, 0.4) is 0 Å². The molecule has 1 aromatic heterocycles. The fourth-order valence-electron chi connectivity index (χ4n) is 3.37.